The Morgan fingerprint density at radius 3 is 2.70 bits per heavy atom. The Kier molecular flexibility index (Phi) is 4.06. The van der Waals surface area contributed by atoms with Gasteiger partial charge in [0.15, 0.2) is 5.65 Å². The van der Waals surface area contributed by atoms with Crippen LogP contribution in [0, 0.1) is 0 Å². The average Bonchev–Trinajstić information content (AvgIpc) is 3.24. The van der Waals surface area contributed by atoms with Crippen LogP contribution in [0.3, 0.4) is 0 Å². The molecule has 0 atom stereocenters. The molecule has 4 aromatic rings. The van der Waals surface area contributed by atoms with E-state index in [4.69, 9.17) is 0 Å². The fraction of sp³-hybridized carbons (Fsp3) is 0.176. The zero-order valence-corrected chi connectivity index (χ0v) is 14.8. The second-order valence-electron chi connectivity index (χ2n) is 5.97. The summed E-state index contributed by atoms with van der Waals surface area (Å²) in [7, 11) is 1.59. The van der Waals surface area contributed by atoms with E-state index in [1.165, 1.54) is 32.9 Å². The van der Waals surface area contributed by atoms with Gasteiger partial charge in [-0.3, -0.25) is 9.13 Å². The molecule has 10 heteroatoms. The lowest BCUT2D eigenvalue weighted by Gasteiger charge is -2.09. The lowest BCUT2D eigenvalue weighted by atomic mass is 10.0. The van der Waals surface area contributed by atoms with Crippen LogP contribution in [0.1, 0.15) is 11.3 Å². The molecule has 0 aliphatic carbocycles. The van der Waals surface area contributed by atoms with E-state index in [9.17, 15) is 18.0 Å². The van der Waals surface area contributed by atoms with Crippen molar-refractivity contribution >= 4 is 22.7 Å². The van der Waals surface area contributed by atoms with Gasteiger partial charge in [-0.05, 0) is 35.3 Å². The van der Waals surface area contributed by atoms with Crippen molar-refractivity contribution in [2.24, 2.45) is 7.05 Å². The molecule has 3 aromatic heterocycles. The third kappa shape index (κ3) is 3.12. The van der Waals surface area contributed by atoms with Gasteiger partial charge in [0.1, 0.15) is 0 Å². The smallest absolute Gasteiger partial charge is 0.284 e. The maximum atomic E-state index is 13.0. The molecule has 138 valence electrons. The number of alkyl halides is 3. The minimum absolute atomic E-state index is 0.209. The predicted octanol–water partition coefficient (Wildman–Crippen LogP) is 3.32. The standard InChI is InChI=1S/C17H12F3N5OS/c1-24-15-14(25(16(24)26)8-13-9-27-23-22-13)6-11(7-21-15)10-3-2-4-12(5-10)17(18,19)20/h2-7,9H,8H2,1H3. The molecule has 0 amide bonds. The number of aryl methyl sites for hydroxylation is 1. The SMILES string of the molecule is Cn1c(=O)n(Cc2csnn2)c2cc(-c3cccc(C(F)(F)F)c3)cnc21. The Morgan fingerprint density at radius 1 is 1.19 bits per heavy atom. The fourth-order valence-corrected chi connectivity index (χ4v) is 3.32. The van der Waals surface area contributed by atoms with Crippen molar-refractivity contribution in [1.29, 1.82) is 0 Å². The zero-order chi connectivity index (χ0) is 19.2. The summed E-state index contributed by atoms with van der Waals surface area (Å²) in [5.74, 6) is 0. The van der Waals surface area contributed by atoms with Crippen LogP contribution in [0.4, 0.5) is 13.2 Å². The molecule has 0 bridgehead atoms. The molecule has 27 heavy (non-hydrogen) atoms. The Morgan fingerprint density at radius 2 is 2.00 bits per heavy atom. The highest BCUT2D eigenvalue weighted by Crippen LogP contribution is 2.32. The van der Waals surface area contributed by atoms with Gasteiger partial charge in [0.25, 0.3) is 0 Å². The maximum absolute atomic E-state index is 13.0. The minimum Gasteiger partial charge on any atom is -0.284 e. The first-order valence-electron chi connectivity index (χ1n) is 7.83. The molecule has 6 nitrogen and oxygen atoms in total. The Balaban J connectivity index is 1.86. The largest absolute Gasteiger partial charge is 0.416 e. The number of aromatic nitrogens is 5. The van der Waals surface area contributed by atoms with Crippen molar-refractivity contribution in [3.63, 3.8) is 0 Å². The summed E-state index contributed by atoms with van der Waals surface area (Å²) in [6, 6.07) is 6.68. The van der Waals surface area contributed by atoms with Gasteiger partial charge < -0.3 is 0 Å². The molecule has 0 unspecified atom stereocenters. The molecule has 0 N–H and O–H groups in total. The molecule has 0 saturated carbocycles. The van der Waals surface area contributed by atoms with Crippen LogP contribution >= 0.6 is 11.5 Å². The van der Waals surface area contributed by atoms with Crippen molar-refractivity contribution < 1.29 is 13.2 Å². The highest BCUT2D eigenvalue weighted by atomic mass is 32.1. The summed E-state index contributed by atoms with van der Waals surface area (Å²) >= 11 is 1.18. The predicted molar refractivity (Wildman–Crippen MR) is 94.4 cm³/mol. The van der Waals surface area contributed by atoms with Crippen molar-refractivity contribution in [1.82, 2.24) is 23.7 Å². The van der Waals surface area contributed by atoms with Crippen molar-refractivity contribution in [3.8, 4) is 11.1 Å². The number of benzene rings is 1. The second kappa shape index (κ2) is 6.31. The quantitative estimate of drug-likeness (QED) is 0.537. The van der Waals surface area contributed by atoms with E-state index < -0.39 is 11.7 Å². The highest BCUT2D eigenvalue weighted by molar-refractivity contribution is 7.03. The van der Waals surface area contributed by atoms with Crippen LogP contribution in [0.2, 0.25) is 0 Å². The van der Waals surface area contributed by atoms with Gasteiger partial charge in [0.2, 0.25) is 0 Å². The summed E-state index contributed by atoms with van der Waals surface area (Å²) in [5.41, 5.74) is 1.43. The van der Waals surface area contributed by atoms with E-state index in [1.807, 2.05) is 0 Å². The van der Waals surface area contributed by atoms with E-state index >= 15 is 0 Å². The molecular formula is C17H12F3N5OS. The molecule has 0 aliphatic heterocycles. The molecule has 0 fully saturated rings. The van der Waals surface area contributed by atoms with Crippen LogP contribution in [0.25, 0.3) is 22.3 Å². The molecule has 0 saturated heterocycles. The van der Waals surface area contributed by atoms with Crippen LogP contribution in [-0.4, -0.2) is 23.7 Å². The second-order valence-corrected chi connectivity index (χ2v) is 6.58. The number of rotatable bonds is 3. The van der Waals surface area contributed by atoms with Gasteiger partial charge in [-0.1, -0.05) is 16.6 Å². The number of pyridine rings is 1. The lowest BCUT2D eigenvalue weighted by molar-refractivity contribution is -0.137. The van der Waals surface area contributed by atoms with E-state index in [2.05, 4.69) is 14.6 Å². The lowest BCUT2D eigenvalue weighted by Crippen LogP contribution is -2.22. The summed E-state index contributed by atoms with van der Waals surface area (Å²) in [5, 5.41) is 5.67. The molecule has 0 radical (unpaired) electrons. The monoisotopic (exact) mass is 391 g/mol. The van der Waals surface area contributed by atoms with Crippen LogP contribution in [0.5, 0.6) is 0 Å². The number of hydrogen-bond donors (Lipinski definition) is 0. The average molecular weight is 391 g/mol. The van der Waals surface area contributed by atoms with Gasteiger partial charge in [-0.25, -0.2) is 9.78 Å². The number of hydrogen-bond acceptors (Lipinski definition) is 5. The summed E-state index contributed by atoms with van der Waals surface area (Å²) in [6.45, 7) is 0.209. The topological polar surface area (TPSA) is 65.6 Å². The van der Waals surface area contributed by atoms with Crippen LogP contribution in [-0.2, 0) is 19.8 Å². The normalized spacial score (nSPS) is 12.0. The summed E-state index contributed by atoms with van der Waals surface area (Å²) in [4.78, 5) is 16.8. The third-order valence-corrected chi connectivity index (χ3v) is 4.78. The maximum Gasteiger partial charge on any atom is 0.416 e. The first-order chi connectivity index (χ1) is 12.8. The van der Waals surface area contributed by atoms with Gasteiger partial charge in [0, 0.05) is 24.2 Å². The Labute approximate surface area is 154 Å². The minimum atomic E-state index is -4.43. The molecule has 1 aromatic carbocycles. The third-order valence-electron chi connectivity index (χ3n) is 4.22. The zero-order valence-electron chi connectivity index (χ0n) is 13.9. The van der Waals surface area contributed by atoms with Crippen molar-refractivity contribution in [2.75, 3.05) is 0 Å². The van der Waals surface area contributed by atoms with Crippen LogP contribution in [0.15, 0.2) is 46.7 Å². The first-order valence-corrected chi connectivity index (χ1v) is 8.67. The van der Waals surface area contributed by atoms with Crippen LogP contribution < -0.4 is 5.69 Å². The van der Waals surface area contributed by atoms with Crippen molar-refractivity contribution in [2.45, 2.75) is 12.7 Å². The number of nitrogens with zero attached hydrogens (tertiary/aromatic N) is 5. The Bertz CT molecular complexity index is 1180. The van der Waals surface area contributed by atoms with E-state index in [0.29, 0.717) is 28.0 Å². The van der Waals surface area contributed by atoms with Gasteiger partial charge >= 0.3 is 11.9 Å². The highest BCUT2D eigenvalue weighted by Gasteiger charge is 2.30. The Hall–Kier alpha value is -3.01. The fourth-order valence-electron chi connectivity index (χ4n) is 2.88. The van der Waals surface area contributed by atoms with Gasteiger partial charge in [0.05, 0.1) is 23.3 Å². The van der Waals surface area contributed by atoms with Crippen molar-refractivity contribution in [3.05, 3.63) is 63.7 Å². The summed E-state index contributed by atoms with van der Waals surface area (Å²) in [6.07, 6.45) is -2.97. The molecule has 4 rings (SSSR count). The molecule has 0 aliphatic rings. The first kappa shape index (κ1) is 17.4. The number of fused-ring (bicyclic) bond motifs is 1. The van der Waals surface area contributed by atoms with E-state index in [-0.39, 0.29) is 12.2 Å². The van der Waals surface area contributed by atoms with Gasteiger partial charge in [-0.15, -0.1) is 5.10 Å². The molecule has 0 spiro atoms. The molecular weight excluding hydrogens is 379 g/mol. The van der Waals surface area contributed by atoms with E-state index in [1.54, 1.807) is 24.6 Å². The number of halogens is 3. The van der Waals surface area contributed by atoms with E-state index in [0.717, 1.165) is 12.1 Å². The summed E-state index contributed by atoms with van der Waals surface area (Å²) < 4.78 is 45.6. The van der Waals surface area contributed by atoms with Gasteiger partial charge in [-0.2, -0.15) is 13.2 Å². The molecule has 3 heterocycles. The number of imidazole rings is 1.